The summed E-state index contributed by atoms with van der Waals surface area (Å²) in [4.78, 5) is 0. The number of fused-ring (bicyclic) bond motifs is 1. The van der Waals surface area contributed by atoms with Gasteiger partial charge in [-0.2, -0.15) is 0 Å². The lowest BCUT2D eigenvalue weighted by Crippen LogP contribution is -2.12. The standard InChI is InChI=1S/C15H20/c1-15(9-10-15)11-13-7-4-6-12-5-2-3-8-14(12)13/h2-3,5,8,13H,4,6-7,9-11H2,1H3. The van der Waals surface area contributed by atoms with E-state index in [-0.39, 0.29) is 0 Å². The average Bonchev–Trinajstić information content (AvgIpc) is 2.97. The fourth-order valence-corrected chi connectivity index (χ4v) is 3.08. The highest BCUT2D eigenvalue weighted by molar-refractivity contribution is 5.33. The van der Waals surface area contributed by atoms with Crippen molar-refractivity contribution in [1.29, 1.82) is 0 Å². The fourth-order valence-electron chi connectivity index (χ4n) is 3.08. The third-order valence-corrected chi connectivity index (χ3v) is 4.34. The normalized spacial score (nSPS) is 27.1. The van der Waals surface area contributed by atoms with E-state index in [0.717, 1.165) is 5.92 Å². The van der Waals surface area contributed by atoms with Crippen LogP contribution in [-0.4, -0.2) is 0 Å². The molecule has 0 N–H and O–H groups in total. The molecule has 3 rings (SSSR count). The molecule has 2 aliphatic rings. The number of hydrogen-bond donors (Lipinski definition) is 0. The van der Waals surface area contributed by atoms with E-state index in [1.807, 2.05) is 0 Å². The van der Waals surface area contributed by atoms with Gasteiger partial charge in [-0.15, -0.1) is 0 Å². The van der Waals surface area contributed by atoms with Crippen molar-refractivity contribution in [2.24, 2.45) is 5.41 Å². The van der Waals surface area contributed by atoms with Crippen molar-refractivity contribution in [3.05, 3.63) is 35.4 Å². The predicted octanol–water partition coefficient (Wildman–Crippen LogP) is 4.30. The SMILES string of the molecule is CC1(CC2CCCc3ccccc32)CC1. The van der Waals surface area contributed by atoms with Crippen LogP contribution in [0.25, 0.3) is 0 Å². The Bertz CT molecular complexity index is 360. The van der Waals surface area contributed by atoms with Crippen LogP contribution in [0.4, 0.5) is 0 Å². The van der Waals surface area contributed by atoms with E-state index in [0.29, 0.717) is 5.41 Å². The van der Waals surface area contributed by atoms with Gasteiger partial charge in [-0.25, -0.2) is 0 Å². The molecule has 2 aliphatic carbocycles. The second kappa shape index (κ2) is 3.37. The second-order valence-electron chi connectivity index (χ2n) is 5.80. The lowest BCUT2D eigenvalue weighted by molar-refractivity contribution is 0.411. The Morgan fingerprint density at radius 3 is 2.87 bits per heavy atom. The number of aryl methyl sites for hydroxylation is 1. The quantitative estimate of drug-likeness (QED) is 0.668. The van der Waals surface area contributed by atoms with E-state index < -0.39 is 0 Å². The molecule has 0 saturated heterocycles. The molecule has 1 fully saturated rings. The molecule has 0 aliphatic heterocycles. The molecule has 1 atom stereocenters. The summed E-state index contributed by atoms with van der Waals surface area (Å²) in [7, 11) is 0. The molecule has 0 radical (unpaired) electrons. The van der Waals surface area contributed by atoms with Gasteiger partial charge in [-0.3, -0.25) is 0 Å². The van der Waals surface area contributed by atoms with Crippen LogP contribution in [0.15, 0.2) is 24.3 Å². The van der Waals surface area contributed by atoms with E-state index in [9.17, 15) is 0 Å². The van der Waals surface area contributed by atoms with Crippen LogP contribution in [0.1, 0.15) is 56.1 Å². The molecule has 1 unspecified atom stereocenters. The second-order valence-corrected chi connectivity index (χ2v) is 5.80. The van der Waals surface area contributed by atoms with Gasteiger partial charge in [0.05, 0.1) is 0 Å². The van der Waals surface area contributed by atoms with Crippen molar-refractivity contribution in [1.82, 2.24) is 0 Å². The maximum Gasteiger partial charge on any atom is -0.0154 e. The van der Waals surface area contributed by atoms with Gasteiger partial charge in [-0.1, -0.05) is 31.2 Å². The van der Waals surface area contributed by atoms with Gasteiger partial charge >= 0.3 is 0 Å². The van der Waals surface area contributed by atoms with Crippen LogP contribution in [0.5, 0.6) is 0 Å². The van der Waals surface area contributed by atoms with Crippen LogP contribution >= 0.6 is 0 Å². The molecule has 0 amide bonds. The maximum atomic E-state index is 2.46. The first-order valence-electron chi connectivity index (χ1n) is 6.35. The predicted molar refractivity (Wildman–Crippen MR) is 64.1 cm³/mol. The lowest BCUT2D eigenvalue weighted by atomic mass is 9.78. The summed E-state index contributed by atoms with van der Waals surface area (Å²) in [6, 6.07) is 9.11. The molecule has 0 heteroatoms. The minimum atomic E-state index is 0.703. The first kappa shape index (κ1) is 9.45. The van der Waals surface area contributed by atoms with Gasteiger partial charge in [0.2, 0.25) is 0 Å². The summed E-state index contributed by atoms with van der Waals surface area (Å²) in [5.74, 6) is 0.863. The number of rotatable bonds is 2. The zero-order chi connectivity index (χ0) is 10.3. The molecule has 0 nitrogen and oxygen atoms in total. The Morgan fingerprint density at radius 1 is 1.27 bits per heavy atom. The zero-order valence-corrected chi connectivity index (χ0v) is 9.63. The van der Waals surface area contributed by atoms with Crippen LogP contribution in [0.2, 0.25) is 0 Å². The third-order valence-electron chi connectivity index (χ3n) is 4.34. The third kappa shape index (κ3) is 1.82. The number of hydrogen-bond acceptors (Lipinski definition) is 0. The molecule has 1 aromatic rings. The van der Waals surface area contributed by atoms with E-state index in [1.54, 1.807) is 11.1 Å². The largest absolute Gasteiger partial charge is 0.0620 e. The van der Waals surface area contributed by atoms with Crippen LogP contribution in [0, 0.1) is 5.41 Å². The first-order valence-corrected chi connectivity index (χ1v) is 6.35. The highest BCUT2D eigenvalue weighted by Crippen LogP contribution is 2.53. The van der Waals surface area contributed by atoms with Crippen molar-refractivity contribution in [3.63, 3.8) is 0 Å². The molecule has 0 bridgehead atoms. The summed E-state index contributed by atoms with van der Waals surface area (Å²) in [6.07, 6.45) is 8.50. The Morgan fingerprint density at radius 2 is 2.07 bits per heavy atom. The maximum absolute atomic E-state index is 2.46. The van der Waals surface area contributed by atoms with Crippen molar-refractivity contribution in [3.8, 4) is 0 Å². The summed E-state index contributed by atoms with van der Waals surface area (Å²) >= 11 is 0. The van der Waals surface area contributed by atoms with E-state index in [4.69, 9.17) is 0 Å². The highest BCUT2D eigenvalue weighted by Gasteiger charge is 2.40. The molecule has 15 heavy (non-hydrogen) atoms. The van der Waals surface area contributed by atoms with Gasteiger partial charge < -0.3 is 0 Å². The van der Waals surface area contributed by atoms with Crippen molar-refractivity contribution < 1.29 is 0 Å². The fraction of sp³-hybridized carbons (Fsp3) is 0.600. The van der Waals surface area contributed by atoms with Gasteiger partial charge in [0.25, 0.3) is 0 Å². The molecular formula is C15H20. The molecule has 0 spiro atoms. The molecule has 1 aromatic carbocycles. The van der Waals surface area contributed by atoms with Crippen molar-refractivity contribution in [2.75, 3.05) is 0 Å². The Hall–Kier alpha value is -0.780. The summed E-state index contributed by atoms with van der Waals surface area (Å²) in [5, 5.41) is 0. The monoisotopic (exact) mass is 200 g/mol. The van der Waals surface area contributed by atoms with E-state index in [2.05, 4.69) is 31.2 Å². The highest BCUT2D eigenvalue weighted by atomic mass is 14.4. The van der Waals surface area contributed by atoms with Gasteiger partial charge in [0, 0.05) is 0 Å². The Balaban J connectivity index is 1.85. The van der Waals surface area contributed by atoms with E-state index >= 15 is 0 Å². The lowest BCUT2D eigenvalue weighted by Gasteiger charge is -2.27. The molecular weight excluding hydrogens is 180 g/mol. The van der Waals surface area contributed by atoms with Crippen molar-refractivity contribution in [2.45, 2.75) is 51.4 Å². The van der Waals surface area contributed by atoms with Crippen LogP contribution in [-0.2, 0) is 6.42 Å². The molecule has 1 saturated carbocycles. The van der Waals surface area contributed by atoms with Gasteiger partial charge in [0.15, 0.2) is 0 Å². The number of benzene rings is 1. The minimum absolute atomic E-state index is 0.703. The topological polar surface area (TPSA) is 0 Å². The summed E-state index contributed by atoms with van der Waals surface area (Å²) < 4.78 is 0. The Labute approximate surface area is 92.7 Å². The summed E-state index contributed by atoms with van der Waals surface area (Å²) in [6.45, 7) is 2.46. The molecule has 0 aromatic heterocycles. The molecule has 0 heterocycles. The van der Waals surface area contributed by atoms with E-state index in [1.165, 1.54) is 38.5 Å². The first-order chi connectivity index (χ1) is 7.27. The average molecular weight is 200 g/mol. The summed E-state index contributed by atoms with van der Waals surface area (Å²) in [5.41, 5.74) is 3.99. The minimum Gasteiger partial charge on any atom is -0.0620 e. The van der Waals surface area contributed by atoms with Crippen molar-refractivity contribution >= 4 is 0 Å². The van der Waals surface area contributed by atoms with Crippen LogP contribution in [0.3, 0.4) is 0 Å². The molecule has 80 valence electrons. The van der Waals surface area contributed by atoms with Gasteiger partial charge in [-0.05, 0) is 61.0 Å². The van der Waals surface area contributed by atoms with Gasteiger partial charge in [0.1, 0.15) is 0 Å². The van der Waals surface area contributed by atoms with Crippen LogP contribution < -0.4 is 0 Å². The zero-order valence-electron chi connectivity index (χ0n) is 9.63. The Kier molecular flexibility index (Phi) is 2.12. The smallest absolute Gasteiger partial charge is 0.0154 e.